The number of hydrogen-bond donors (Lipinski definition) is 1. The summed E-state index contributed by atoms with van der Waals surface area (Å²) in [6.45, 7) is 0.311. The van der Waals surface area contributed by atoms with E-state index in [0.29, 0.717) is 34.9 Å². The van der Waals surface area contributed by atoms with E-state index in [4.69, 9.17) is 18.6 Å². The van der Waals surface area contributed by atoms with Gasteiger partial charge in [0.25, 0.3) is 0 Å². The van der Waals surface area contributed by atoms with Gasteiger partial charge in [-0.05, 0) is 12.1 Å². The Labute approximate surface area is 144 Å². The molecule has 25 heavy (non-hydrogen) atoms. The first-order valence-corrected chi connectivity index (χ1v) is 7.72. The third-order valence-electron chi connectivity index (χ3n) is 3.86. The smallest absolute Gasteiger partial charge is 0.341 e. The summed E-state index contributed by atoms with van der Waals surface area (Å²) in [6, 6.07) is 12.8. The van der Waals surface area contributed by atoms with Crippen molar-refractivity contribution >= 4 is 16.7 Å². The molecule has 0 bridgehead atoms. The highest BCUT2D eigenvalue weighted by molar-refractivity contribution is 5.76. The number of fused-ring (bicyclic) bond motifs is 1. The molecule has 0 atom stereocenters. The van der Waals surface area contributed by atoms with Crippen LogP contribution in [0.3, 0.4) is 0 Å². The summed E-state index contributed by atoms with van der Waals surface area (Å²) >= 11 is 0. The van der Waals surface area contributed by atoms with Crippen LogP contribution in [0.2, 0.25) is 0 Å². The van der Waals surface area contributed by atoms with Gasteiger partial charge >= 0.3 is 5.63 Å². The number of para-hydroxylation sites is 1. The van der Waals surface area contributed by atoms with Gasteiger partial charge in [0.1, 0.15) is 5.58 Å². The van der Waals surface area contributed by atoms with Crippen molar-refractivity contribution < 1.29 is 18.6 Å². The van der Waals surface area contributed by atoms with Gasteiger partial charge in [0.2, 0.25) is 5.75 Å². The Hall–Kier alpha value is -3.15. The summed E-state index contributed by atoms with van der Waals surface area (Å²) in [5.41, 5.74) is 1.48. The summed E-state index contributed by atoms with van der Waals surface area (Å²) in [5, 5.41) is 4.07. The van der Waals surface area contributed by atoms with Crippen molar-refractivity contribution in [1.82, 2.24) is 0 Å². The van der Waals surface area contributed by atoms with Crippen molar-refractivity contribution in [2.75, 3.05) is 26.6 Å². The first-order valence-electron chi connectivity index (χ1n) is 7.72. The van der Waals surface area contributed by atoms with E-state index in [-0.39, 0.29) is 5.63 Å². The van der Waals surface area contributed by atoms with Crippen LogP contribution in [0.5, 0.6) is 17.2 Å². The molecule has 130 valence electrons. The maximum absolute atomic E-state index is 12.1. The van der Waals surface area contributed by atoms with E-state index in [1.165, 1.54) is 0 Å². The number of rotatable bonds is 6. The zero-order valence-corrected chi connectivity index (χ0v) is 14.3. The van der Waals surface area contributed by atoms with Gasteiger partial charge < -0.3 is 23.9 Å². The highest BCUT2D eigenvalue weighted by Gasteiger charge is 2.13. The summed E-state index contributed by atoms with van der Waals surface area (Å²) in [5.74, 6) is 1.59. The topological polar surface area (TPSA) is 69.9 Å². The molecule has 0 amide bonds. The molecule has 0 aliphatic carbocycles. The Morgan fingerprint density at radius 3 is 2.28 bits per heavy atom. The van der Waals surface area contributed by atoms with Crippen LogP contribution in [0.25, 0.3) is 11.0 Å². The van der Waals surface area contributed by atoms with Crippen molar-refractivity contribution in [2.45, 2.75) is 6.54 Å². The van der Waals surface area contributed by atoms with E-state index in [2.05, 4.69) is 5.32 Å². The molecule has 1 N–H and O–H groups in total. The molecule has 0 spiro atoms. The molecule has 1 aromatic heterocycles. The predicted octanol–water partition coefficient (Wildman–Crippen LogP) is 3.43. The average molecular weight is 341 g/mol. The third kappa shape index (κ3) is 3.38. The fourth-order valence-electron chi connectivity index (χ4n) is 2.61. The molecular formula is C19H19NO5. The van der Waals surface area contributed by atoms with Crippen LogP contribution in [0.15, 0.2) is 51.7 Å². The van der Waals surface area contributed by atoms with Gasteiger partial charge in [-0.15, -0.1) is 0 Å². The summed E-state index contributed by atoms with van der Waals surface area (Å²) in [6.07, 6.45) is 0. The lowest BCUT2D eigenvalue weighted by Gasteiger charge is -2.15. The van der Waals surface area contributed by atoms with Gasteiger partial charge in [0.05, 0.1) is 26.9 Å². The van der Waals surface area contributed by atoms with Crippen molar-refractivity contribution in [3.63, 3.8) is 0 Å². The zero-order chi connectivity index (χ0) is 17.8. The summed E-state index contributed by atoms with van der Waals surface area (Å²) in [4.78, 5) is 12.1. The highest BCUT2D eigenvalue weighted by Crippen LogP contribution is 2.39. The Bertz CT molecular complexity index is 923. The summed E-state index contributed by atoms with van der Waals surface area (Å²) < 4.78 is 21.3. The standard InChI is InChI=1S/C19H19NO5/c1-22-16-9-14(10-17(23-2)18(16)24-3)20-11-13-8-12-6-4-5-7-15(12)25-19(13)21/h4-10,20H,11H2,1-3H3. The minimum absolute atomic E-state index is 0.311. The van der Waals surface area contributed by atoms with E-state index in [1.54, 1.807) is 39.5 Å². The van der Waals surface area contributed by atoms with E-state index < -0.39 is 0 Å². The lowest BCUT2D eigenvalue weighted by Crippen LogP contribution is -2.12. The molecule has 2 aromatic carbocycles. The van der Waals surface area contributed by atoms with Crippen LogP contribution in [-0.2, 0) is 6.54 Å². The second kappa shape index (κ2) is 7.17. The molecule has 3 rings (SSSR count). The van der Waals surface area contributed by atoms with Gasteiger partial charge in [-0.1, -0.05) is 18.2 Å². The molecule has 1 heterocycles. The molecule has 6 heteroatoms. The molecule has 3 aromatic rings. The van der Waals surface area contributed by atoms with Crippen molar-refractivity contribution in [3.8, 4) is 17.2 Å². The van der Waals surface area contributed by atoms with Gasteiger partial charge in [-0.2, -0.15) is 0 Å². The van der Waals surface area contributed by atoms with Crippen LogP contribution < -0.4 is 25.2 Å². The van der Waals surface area contributed by atoms with Crippen LogP contribution in [-0.4, -0.2) is 21.3 Å². The Morgan fingerprint density at radius 1 is 0.960 bits per heavy atom. The maximum atomic E-state index is 12.1. The molecule has 0 saturated heterocycles. The molecule has 0 saturated carbocycles. The molecular weight excluding hydrogens is 322 g/mol. The Kier molecular flexibility index (Phi) is 4.79. The second-order valence-electron chi connectivity index (χ2n) is 5.36. The monoisotopic (exact) mass is 341 g/mol. The van der Waals surface area contributed by atoms with Crippen molar-refractivity contribution in [1.29, 1.82) is 0 Å². The minimum atomic E-state index is -0.362. The SMILES string of the molecule is COc1cc(NCc2cc3ccccc3oc2=O)cc(OC)c1OC. The lowest BCUT2D eigenvalue weighted by atomic mass is 10.2. The molecule has 0 aliphatic rings. The number of hydrogen-bond acceptors (Lipinski definition) is 6. The predicted molar refractivity (Wildman–Crippen MR) is 95.9 cm³/mol. The zero-order valence-electron chi connectivity index (χ0n) is 14.3. The van der Waals surface area contributed by atoms with Crippen LogP contribution in [0.4, 0.5) is 5.69 Å². The first-order chi connectivity index (χ1) is 12.2. The van der Waals surface area contributed by atoms with Gasteiger partial charge in [-0.25, -0.2) is 4.79 Å². The van der Waals surface area contributed by atoms with E-state index in [9.17, 15) is 4.79 Å². The molecule has 0 aliphatic heterocycles. The number of methoxy groups -OCH3 is 3. The van der Waals surface area contributed by atoms with Gasteiger partial charge in [-0.3, -0.25) is 0 Å². The first kappa shape index (κ1) is 16.7. The maximum Gasteiger partial charge on any atom is 0.341 e. The molecule has 0 radical (unpaired) electrons. The van der Waals surface area contributed by atoms with E-state index in [0.717, 1.165) is 11.1 Å². The van der Waals surface area contributed by atoms with Gasteiger partial charge in [0.15, 0.2) is 11.5 Å². The van der Waals surface area contributed by atoms with Crippen LogP contribution in [0, 0.1) is 0 Å². The van der Waals surface area contributed by atoms with Crippen LogP contribution >= 0.6 is 0 Å². The molecule has 0 fully saturated rings. The van der Waals surface area contributed by atoms with E-state index >= 15 is 0 Å². The number of anilines is 1. The van der Waals surface area contributed by atoms with Crippen LogP contribution in [0.1, 0.15) is 5.56 Å². The second-order valence-corrected chi connectivity index (χ2v) is 5.36. The quantitative estimate of drug-likeness (QED) is 0.693. The Balaban J connectivity index is 1.89. The molecule has 6 nitrogen and oxygen atoms in total. The largest absolute Gasteiger partial charge is 0.493 e. The third-order valence-corrected chi connectivity index (χ3v) is 3.86. The Morgan fingerprint density at radius 2 is 1.64 bits per heavy atom. The fraction of sp³-hybridized carbons (Fsp3) is 0.211. The number of nitrogens with one attached hydrogen (secondary N) is 1. The average Bonchev–Trinajstić information content (AvgIpc) is 2.65. The normalized spacial score (nSPS) is 10.5. The summed E-state index contributed by atoms with van der Waals surface area (Å²) in [7, 11) is 4.66. The highest BCUT2D eigenvalue weighted by atomic mass is 16.5. The number of ether oxygens (including phenoxy) is 3. The van der Waals surface area contributed by atoms with Crippen molar-refractivity contribution in [2.24, 2.45) is 0 Å². The lowest BCUT2D eigenvalue weighted by molar-refractivity contribution is 0.324. The number of benzene rings is 2. The van der Waals surface area contributed by atoms with Crippen molar-refractivity contribution in [3.05, 3.63) is 58.4 Å². The fourth-order valence-corrected chi connectivity index (χ4v) is 2.61. The molecule has 0 unspecified atom stereocenters. The minimum Gasteiger partial charge on any atom is -0.493 e. The van der Waals surface area contributed by atoms with Gasteiger partial charge in [0, 0.05) is 29.8 Å². The van der Waals surface area contributed by atoms with E-state index in [1.807, 2.05) is 24.3 Å².